The molecule has 2 aromatic heterocycles. The summed E-state index contributed by atoms with van der Waals surface area (Å²) in [5.74, 6) is 0.0945. The third-order valence-corrected chi connectivity index (χ3v) is 5.98. The Bertz CT molecular complexity index is 1040. The summed E-state index contributed by atoms with van der Waals surface area (Å²) in [5.41, 5.74) is 2.12. The number of piperidine rings is 1. The molecule has 2 aliphatic rings. The van der Waals surface area contributed by atoms with Crippen LogP contribution in [0.1, 0.15) is 47.8 Å². The smallest absolute Gasteiger partial charge is 0.256 e. The highest BCUT2D eigenvalue weighted by atomic mass is 19.1. The van der Waals surface area contributed by atoms with E-state index in [1.165, 1.54) is 24.6 Å². The molecule has 0 saturated carbocycles. The first kappa shape index (κ1) is 18.1. The lowest BCUT2D eigenvalue weighted by Crippen LogP contribution is -2.39. The molecular formula is C22H24FN5O. The minimum atomic E-state index is -0.472. The summed E-state index contributed by atoms with van der Waals surface area (Å²) < 4.78 is 15.9. The SMILES string of the molecule is O=C(c1ccccc1F)N1CCC[C@@H](c2nc3ccc(N4CCCC4)cn3n2)C1. The second-order valence-corrected chi connectivity index (χ2v) is 7.92. The fourth-order valence-electron chi connectivity index (χ4n) is 4.40. The van der Waals surface area contributed by atoms with Crippen LogP contribution >= 0.6 is 0 Å². The van der Waals surface area contributed by atoms with Gasteiger partial charge in [0, 0.05) is 32.1 Å². The van der Waals surface area contributed by atoms with Crippen LogP contribution < -0.4 is 4.90 Å². The van der Waals surface area contributed by atoms with E-state index in [-0.39, 0.29) is 17.4 Å². The number of fused-ring (bicyclic) bond motifs is 1. The maximum Gasteiger partial charge on any atom is 0.256 e. The number of aromatic nitrogens is 3. The van der Waals surface area contributed by atoms with E-state index in [4.69, 9.17) is 10.1 Å². The maximum absolute atomic E-state index is 14.0. The van der Waals surface area contributed by atoms with E-state index in [1.54, 1.807) is 23.1 Å². The molecule has 1 amide bonds. The molecule has 0 bridgehead atoms. The molecule has 0 spiro atoms. The Morgan fingerprint density at radius 2 is 1.86 bits per heavy atom. The molecule has 3 aromatic rings. The Labute approximate surface area is 168 Å². The number of nitrogens with zero attached hydrogens (tertiary/aromatic N) is 5. The van der Waals surface area contributed by atoms with Crippen molar-refractivity contribution < 1.29 is 9.18 Å². The van der Waals surface area contributed by atoms with E-state index in [0.29, 0.717) is 13.1 Å². The number of hydrogen-bond donors (Lipinski definition) is 0. The van der Waals surface area contributed by atoms with Crippen molar-refractivity contribution in [3.8, 4) is 0 Å². The van der Waals surface area contributed by atoms with E-state index in [1.807, 2.05) is 16.8 Å². The second-order valence-electron chi connectivity index (χ2n) is 7.92. The predicted molar refractivity (Wildman–Crippen MR) is 109 cm³/mol. The van der Waals surface area contributed by atoms with Crippen LogP contribution in [0.25, 0.3) is 5.65 Å². The van der Waals surface area contributed by atoms with Crippen LogP contribution in [-0.2, 0) is 0 Å². The molecule has 150 valence electrons. The van der Waals surface area contributed by atoms with Crippen LogP contribution in [0.15, 0.2) is 42.6 Å². The Balaban J connectivity index is 1.37. The van der Waals surface area contributed by atoms with Crippen molar-refractivity contribution in [1.29, 1.82) is 0 Å². The molecule has 1 atom stereocenters. The van der Waals surface area contributed by atoms with Gasteiger partial charge in [-0.25, -0.2) is 13.9 Å². The van der Waals surface area contributed by atoms with Crippen LogP contribution in [0.2, 0.25) is 0 Å². The standard InChI is InChI=1S/C22H24FN5O/c23-19-8-2-1-7-18(19)22(29)27-13-5-6-16(14-27)21-24-20-10-9-17(15-28(20)25-21)26-11-3-4-12-26/h1-2,7-10,15-16H,3-6,11-14H2/t16-/m1/s1. The van der Waals surface area contributed by atoms with Crippen molar-refractivity contribution in [2.24, 2.45) is 0 Å². The number of rotatable bonds is 3. The van der Waals surface area contributed by atoms with Crippen molar-refractivity contribution >= 4 is 17.2 Å². The molecule has 1 aromatic carbocycles. The fraction of sp³-hybridized carbons (Fsp3) is 0.409. The fourth-order valence-corrected chi connectivity index (χ4v) is 4.40. The van der Waals surface area contributed by atoms with E-state index < -0.39 is 5.82 Å². The Morgan fingerprint density at radius 1 is 1.03 bits per heavy atom. The Morgan fingerprint density at radius 3 is 2.69 bits per heavy atom. The lowest BCUT2D eigenvalue weighted by molar-refractivity contribution is 0.0700. The number of pyridine rings is 1. The number of carbonyl (C=O) groups excluding carboxylic acids is 1. The number of anilines is 1. The van der Waals surface area contributed by atoms with Gasteiger partial charge in [0.25, 0.3) is 5.91 Å². The van der Waals surface area contributed by atoms with Crippen LogP contribution in [-0.4, -0.2) is 51.6 Å². The predicted octanol–water partition coefficient (Wildman–Crippen LogP) is 3.49. The van der Waals surface area contributed by atoms with Crippen molar-refractivity contribution in [2.45, 2.75) is 31.6 Å². The summed E-state index contributed by atoms with van der Waals surface area (Å²) in [6.45, 7) is 3.32. The quantitative estimate of drug-likeness (QED) is 0.684. The second kappa shape index (κ2) is 7.46. The summed E-state index contributed by atoms with van der Waals surface area (Å²) in [5, 5.41) is 4.72. The summed E-state index contributed by atoms with van der Waals surface area (Å²) in [6, 6.07) is 10.3. The van der Waals surface area contributed by atoms with Gasteiger partial charge >= 0.3 is 0 Å². The first-order valence-corrected chi connectivity index (χ1v) is 10.3. The average Bonchev–Trinajstić information content (AvgIpc) is 3.43. The third-order valence-electron chi connectivity index (χ3n) is 5.98. The molecule has 0 unspecified atom stereocenters. The summed E-state index contributed by atoms with van der Waals surface area (Å²) >= 11 is 0. The first-order chi connectivity index (χ1) is 14.2. The van der Waals surface area contributed by atoms with Crippen LogP contribution in [0.4, 0.5) is 10.1 Å². The Hall–Kier alpha value is -2.96. The van der Waals surface area contributed by atoms with Gasteiger partial charge < -0.3 is 9.80 Å². The number of carbonyl (C=O) groups is 1. The lowest BCUT2D eigenvalue weighted by Gasteiger charge is -2.31. The molecule has 7 heteroatoms. The zero-order valence-electron chi connectivity index (χ0n) is 16.3. The molecule has 5 rings (SSSR count). The van der Waals surface area contributed by atoms with Gasteiger partial charge in [0.05, 0.1) is 17.4 Å². The molecule has 4 heterocycles. The number of halogens is 1. The highest BCUT2D eigenvalue weighted by Gasteiger charge is 2.29. The molecule has 0 aliphatic carbocycles. The molecule has 2 aliphatic heterocycles. The molecule has 0 radical (unpaired) electrons. The molecule has 6 nitrogen and oxygen atoms in total. The van der Waals surface area contributed by atoms with Gasteiger partial charge in [-0.1, -0.05) is 12.1 Å². The highest BCUT2D eigenvalue weighted by Crippen LogP contribution is 2.27. The van der Waals surface area contributed by atoms with Gasteiger partial charge in [0.15, 0.2) is 11.5 Å². The zero-order chi connectivity index (χ0) is 19.8. The minimum Gasteiger partial charge on any atom is -0.370 e. The van der Waals surface area contributed by atoms with Crippen molar-refractivity contribution in [1.82, 2.24) is 19.5 Å². The molecular weight excluding hydrogens is 369 g/mol. The van der Waals surface area contributed by atoms with Gasteiger partial charge in [0.2, 0.25) is 0 Å². The number of hydrogen-bond acceptors (Lipinski definition) is 4. The number of likely N-dealkylation sites (tertiary alicyclic amines) is 1. The van der Waals surface area contributed by atoms with Gasteiger partial charge in [0.1, 0.15) is 5.82 Å². The van der Waals surface area contributed by atoms with E-state index in [9.17, 15) is 9.18 Å². The summed E-state index contributed by atoms with van der Waals surface area (Å²) in [4.78, 5) is 21.6. The maximum atomic E-state index is 14.0. The number of amides is 1. The summed E-state index contributed by atoms with van der Waals surface area (Å²) in [6.07, 6.45) is 6.29. The van der Waals surface area contributed by atoms with Gasteiger partial charge in [-0.3, -0.25) is 4.79 Å². The Kier molecular flexibility index (Phi) is 4.66. The zero-order valence-corrected chi connectivity index (χ0v) is 16.3. The van der Waals surface area contributed by atoms with Crippen molar-refractivity contribution in [3.05, 3.63) is 59.8 Å². The van der Waals surface area contributed by atoms with E-state index >= 15 is 0 Å². The van der Waals surface area contributed by atoms with E-state index in [2.05, 4.69) is 11.0 Å². The average molecular weight is 393 g/mol. The largest absolute Gasteiger partial charge is 0.370 e. The molecule has 2 fully saturated rings. The first-order valence-electron chi connectivity index (χ1n) is 10.3. The third kappa shape index (κ3) is 3.45. The monoisotopic (exact) mass is 393 g/mol. The molecule has 29 heavy (non-hydrogen) atoms. The van der Waals surface area contributed by atoms with Gasteiger partial charge in [-0.05, 0) is 49.9 Å². The highest BCUT2D eigenvalue weighted by molar-refractivity contribution is 5.94. The topological polar surface area (TPSA) is 53.7 Å². The normalized spacial score (nSPS) is 19.8. The van der Waals surface area contributed by atoms with Gasteiger partial charge in [-0.15, -0.1) is 0 Å². The van der Waals surface area contributed by atoms with Crippen molar-refractivity contribution in [3.63, 3.8) is 0 Å². The minimum absolute atomic E-state index is 0.0645. The molecule has 0 N–H and O–H groups in total. The van der Waals surface area contributed by atoms with Crippen LogP contribution in [0.3, 0.4) is 0 Å². The van der Waals surface area contributed by atoms with Gasteiger partial charge in [-0.2, -0.15) is 5.10 Å². The van der Waals surface area contributed by atoms with E-state index in [0.717, 1.165) is 37.4 Å². The number of benzene rings is 1. The lowest BCUT2D eigenvalue weighted by atomic mass is 9.96. The molecule has 2 saturated heterocycles. The van der Waals surface area contributed by atoms with Crippen molar-refractivity contribution in [2.75, 3.05) is 31.1 Å². The summed E-state index contributed by atoms with van der Waals surface area (Å²) in [7, 11) is 0. The van der Waals surface area contributed by atoms with Crippen LogP contribution in [0.5, 0.6) is 0 Å². The van der Waals surface area contributed by atoms with Crippen LogP contribution in [0, 0.1) is 5.82 Å².